The van der Waals surface area contributed by atoms with Crippen molar-refractivity contribution in [3.8, 4) is 12.1 Å². The van der Waals surface area contributed by atoms with Gasteiger partial charge < -0.3 is 5.73 Å². The van der Waals surface area contributed by atoms with Gasteiger partial charge in [0.1, 0.15) is 17.8 Å². The highest BCUT2D eigenvalue weighted by atomic mass is 35.5. The minimum absolute atomic E-state index is 0.165. The van der Waals surface area contributed by atoms with Crippen LogP contribution in [0.25, 0.3) is 0 Å². The zero-order valence-electron chi connectivity index (χ0n) is 9.74. The Balaban J connectivity index is 3.14. The molecule has 0 heterocycles. The average Bonchev–Trinajstić information content (AvgIpc) is 2.39. The fourth-order valence-electron chi connectivity index (χ4n) is 1.15. The Bertz CT molecular complexity index is 663. The lowest BCUT2D eigenvalue weighted by atomic mass is 10.1. The molecule has 1 aromatic carbocycles. The summed E-state index contributed by atoms with van der Waals surface area (Å²) in [5.41, 5.74) is 3.74. The number of rotatable bonds is 2. The van der Waals surface area contributed by atoms with Gasteiger partial charge in [0.25, 0.3) is 0 Å². The van der Waals surface area contributed by atoms with Crippen LogP contribution in [0.2, 0.25) is 5.02 Å². The Morgan fingerprint density at radius 1 is 1.30 bits per heavy atom. The Kier molecular flexibility index (Phi) is 4.73. The van der Waals surface area contributed by atoms with E-state index in [0.29, 0.717) is 0 Å². The molecule has 2 N–H and O–H groups in total. The third-order valence-corrected chi connectivity index (χ3v) is 2.47. The monoisotopic (exact) mass is 298 g/mol. The van der Waals surface area contributed by atoms with Crippen molar-refractivity contribution in [3.63, 3.8) is 0 Å². The summed E-state index contributed by atoms with van der Waals surface area (Å²) < 4.78 is 37.3. The average molecular weight is 299 g/mol. The van der Waals surface area contributed by atoms with E-state index in [1.165, 1.54) is 6.07 Å². The van der Waals surface area contributed by atoms with Crippen LogP contribution < -0.4 is 5.73 Å². The summed E-state index contributed by atoms with van der Waals surface area (Å²) in [6, 6.07) is 5.80. The fraction of sp³-hybridized carbons (Fsp3) is 0.0833. The Morgan fingerprint density at radius 2 is 1.95 bits per heavy atom. The van der Waals surface area contributed by atoms with E-state index in [1.54, 1.807) is 6.07 Å². The number of hydrogen-bond donors (Lipinski definition) is 1. The molecule has 1 rings (SSSR count). The quantitative estimate of drug-likeness (QED) is 0.672. The molecular formula is C12H6ClF3N4. The predicted molar refractivity (Wildman–Crippen MR) is 66.5 cm³/mol. The fourth-order valence-corrected chi connectivity index (χ4v) is 1.38. The molecule has 0 bridgehead atoms. The highest BCUT2D eigenvalue weighted by Gasteiger charge is 2.30. The van der Waals surface area contributed by atoms with E-state index in [-0.39, 0.29) is 16.3 Å². The molecule has 1 aromatic rings. The van der Waals surface area contributed by atoms with Gasteiger partial charge in [0.05, 0.1) is 5.56 Å². The van der Waals surface area contributed by atoms with Gasteiger partial charge in [-0.1, -0.05) is 17.7 Å². The molecule has 0 saturated carbocycles. The largest absolute Gasteiger partial charge is 0.416 e. The molecule has 0 saturated heterocycles. The van der Waals surface area contributed by atoms with Gasteiger partial charge in [-0.2, -0.15) is 23.7 Å². The smallest absolute Gasteiger partial charge is 0.388 e. The van der Waals surface area contributed by atoms with Crippen LogP contribution in [0, 0.1) is 22.7 Å². The number of nitrogens with zero attached hydrogens (tertiary/aromatic N) is 3. The number of aliphatic imine (C=N–C) groups is 1. The molecule has 4 nitrogen and oxygen atoms in total. The summed E-state index contributed by atoms with van der Waals surface area (Å²) >= 11 is 5.69. The van der Waals surface area contributed by atoms with Crippen LogP contribution in [0.4, 0.5) is 13.2 Å². The van der Waals surface area contributed by atoms with Gasteiger partial charge in [0.15, 0.2) is 5.70 Å². The molecule has 0 spiro atoms. The van der Waals surface area contributed by atoms with Gasteiger partial charge in [-0.25, -0.2) is 4.99 Å². The van der Waals surface area contributed by atoms with Crippen LogP contribution in [-0.4, -0.2) is 6.21 Å². The van der Waals surface area contributed by atoms with Gasteiger partial charge in [-0.3, -0.25) is 0 Å². The van der Waals surface area contributed by atoms with Crippen molar-refractivity contribution >= 4 is 17.8 Å². The van der Waals surface area contributed by atoms with Gasteiger partial charge in [-0.05, 0) is 12.1 Å². The van der Waals surface area contributed by atoms with Gasteiger partial charge in [0.2, 0.25) is 0 Å². The maximum Gasteiger partial charge on any atom is 0.416 e. The van der Waals surface area contributed by atoms with Crippen molar-refractivity contribution in [1.82, 2.24) is 0 Å². The number of allylic oxidation sites excluding steroid dienone is 2. The highest BCUT2D eigenvalue weighted by molar-refractivity contribution is 6.33. The third kappa shape index (κ3) is 3.74. The van der Waals surface area contributed by atoms with Crippen LogP contribution >= 0.6 is 11.6 Å². The molecule has 0 fully saturated rings. The first kappa shape index (κ1) is 15.5. The van der Waals surface area contributed by atoms with Gasteiger partial charge >= 0.3 is 6.18 Å². The van der Waals surface area contributed by atoms with Crippen molar-refractivity contribution in [2.45, 2.75) is 6.18 Å². The number of halogens is 4. The summed E-state index contributed by atoms with van der Waals surface area (Å²) in [6.07, 6.45) is -3.44. The number of alkyl halides is 3. The summed E-state index contributed by atoms with van der Waals surface area (Å²) in [5, 5.41) is 17.0. The van der Waals surface area contributed by atoms with E-state index in [4.69, 9.17) is 27.9 Å². The minimum Gasteiger partial charge on any atom is -0.388 e. The predicted octanol–water partition coefficient (Wildman–Crippen LogP) is 3.00. The van der Waals surface area contributed by atoms with Crippen LogP contribution in [0.3, 0.4) is 0 Å². The van der Waals surface area contributed by atoms with E-state index in [1.807, 2.05) is 0 Å². The lowest BCUT2D eigenvalue weighted by Crippen LogP contribution is -2.05. The lowest BCUT2D eigenvalue weighted by molar-refractivity contribution is -0.137. The molecule has 0 aliphatic carbocycles. The standard InChI is InChI=1S/C12H6ClF3N4/c13-9-3-8(12(14,15)16)2-1-7(9)6-20-11(5-18)10(19)4-17/h1-3,6H,19H2. The van der Waals surface area contributed by atoms with Crippen molar-refractivity contribution in [2.24, 2.45) is 10.7 Å². The van der Waals surface area contributed by atoms with E-state index in [2.05, 4.69) is 4.99 Å². The van der Waals surface area contributed by atoms with E-state index in [0.717, 1.165) is 24.4 Å². The second-order valence-electron chi connectivity index (χ2n) is 3.48. The van der Waals surface area contributed by atoms with Crippen LogP contribution in [0.5, 0.6) is 0 Å². The minimum atomic E-state index is -4.50. The maximum atomic E-state index is 12.4. The molecular weight excluding hydrogens is 293 g/mol. The maximum absolute atomic E-state index is 12.4. The number of hydrogen-bond acceptors (Lipinski definition) is 4. The lowest BCUT2D eigenvalue weighted by Gasteiger charge is -2.07. The normalized spacial score (nSPS) is 12.7. The highest BCUT2D eigenvalue weighted by Crippen LogP contribution is 2.31. The molecule has 0 aliphatic heterocycles. The summed E-state index contributed by atoms with van der Waals surface area (Å²) in [5.74, 6) is 0. The van der Waals surface area contributed by atoms with E-state index in [9.17, 15) is 13.2 Å². The van der Waals surface area contributed by atoms with Gasteiger partial charge in [0, 0.05) is 16.8 Å². The molecule has 20 heavy (non-hydrogen) atoms. The molecule has 0 unspecified atom stereocenters. The Hall–Kier alpha value is -2.51. The Labute approximate surface area is 117 Å². The molecule has 0 aliphatic rings. The van der Waals surface area contributed by atoms with E-state index >= 15 is 0 Å². The molecule has 8 heteroatoms. The van der Waals surface area contributed by atoms with Crippen LogP contribution in [0.1, 0.15) is 11.1 Å². The topological polar surface area (TPSA) is 86.0 Å². The van der Waals surface area contributed by atoms with Crippen molar-refractivity contribution < 1.29 is 13.2 Å². The molecule has 0 aromatic heterocycles. The number of benzene rings is 1. The Morgan fingerprint density at radius 3 is 2.40 bits per heavy atom. The second kappa shape index (κ2) is 6.09. The van der Waals surface area contributed by atoms with Crippen molar-refractivity contribution in [2.75, 3.05) is 0 Å². The van der Waals surface area contributed by atoms with Gasteiger partial charge in [-0.15, -0.1) is 0 Å². The summed E-state index contributed by atoms with van der Waals surface area (Å²) in [7, 11) is 0. The first-order chi connectivity index (χ1) is 9.29. The molecule has 0 atom stereocenters. The first-order valence-corrected chi connectivity index (χ1v) is 5.38. The third-order valence-electron chi connectivity index (χ3n) is 2.14. The van der Waals surface area contributed by atoms with Crippen molar-refractivity contribution in [1.29, 1.82) is 10.5 Å². The number of nitriles is 2. The zero-order chi connectivity index (χ0) is 15.3. The SMILES string of the molecule is N#CC(N)=C(C#N)N=Cc1ccc(C(F)(F)F)cc1Cl. The first-order valence-electron chi connectivity index (χ1n) is 5.00. The second-order valence-corrected chi connectivity index (χ2v) is 3.89. The molecule has 0 amide bonds. The molecule has 102 valence electrons. The van der Waals surface area contributed by atoms with Crippen LogP contribution in [-0.2, 0) is 6.18 Å². The summed E-state index contributed by atoms with van der Waals surface area (Å²) in [4.78, 5) is 3.62. The zero-order valence-corrected chi connectivity index (χ0v) is 10.5. The van der Waals surface area contributed by atoms with E-state index < -0.39 is 17.4 Å². The van der Waals surface area contributed by atoms with Crippen LogP contribution in [0.15, 0.2) is 34.6 Å². The molecule has 0 radical (unpaired) electrons. The number of nitrogens with two attached hydrogens (primary N) is 1. The van der Waals surface area contributed by atoms with Crippen molar-refractivity contribution in [3.05, 3.63) is 45.7 Å². The summed E-state index contributed by atoms with van der Waals surface area (Å²) in [6.45, 7) is 0.